The molecule has 1 saturated heterocycles. The van der Waals surface area contributed by atoms with Crippen LogP contribution >= 0.6 is 11.3 Å². The van der Waals surface area contributed by atoms with Gasteiger partial charge in [0.2, 0.25) is 0 Å². The van der Waals surface area contributed by atoms with E-state index in [9.17, 15) is 4.79 Å². The van der Waals surface area contributed by atoms with Crippen LogP contribution in [0.25, 0.3) is 10.6 Å². The molecule has 2 N–H and O–H groups in total. The highest BCUT2D eigenvalue weighted by Gasteiger charge is 2.23. The second-order valence-electron chi connectivity index (χ2n) is 6.13. The molecule has 0 bridgehead atoms. The molecule has 0 aliphatic carbocycles. The van der Waals surface area contributed by atoms with Crippen molar-refractivity contribution in [1.29, 1.82) is 0 Å². The fourth-order valence-corrected chi connectivity index (χ4v) is 3.69. The maximum Gasteiger partial charge on any atom is 0.273 e. The van der Waals surface area contributed by atoms with Gasteiger partial charge in [-0.15, -0.1) is 16.4 Å². The summed E-state index contributed by atoms with van der Waals surface area (Å²) in [5, 5.41) is 20.3. The van der Waals surface area contributed by atoms with Crippen LogP contribution in [0.15, 0.2) is 29.8 Å². The molecular formula is C16H19N7OS. The van der Waals surface area contributed by atoms with Gasteiger partial charge in [-0.3, -0.25) is 14.6 Å². The van der Waals surface area contributed by atoms with E-state index >= 15 is 0 Å². The number of H-pyrrole nitrogens is 1. The summed E-state index contributed by atoms with van der Waals surface area (Å²) >= 11 is 1.69. The number of amides is 1. The first-order chi connectivity index (χ1) is 12.2. The zero-order valence-corrected chi connectivity index (χ0v) is 14.7. The van der Waals surface area contributed by atoms with Crippen LogP contribution in [0.2, 0.25) is 0 Å². The van der Waals surface area contributed by atoms with E-state index in [2.05, 4.69) is 48.2 Å². The van der Waals surface area contributed by atoms with Crippen LogP contribution in [0.3, 0.4) is 0 Å². The summed E-state index contributed by atoms with van der Waals surface area (Å²) in [6.07, 6.45) is 3.39. The molecule has 1 amide bonds. The number of carbonyl (C=O) groups excluding carboxylic acids is 1. The molecule has 0 atom stereocenters. The second kappa shape index (κ2) is 6.67. The van der Waals surface area contributed by atoms with Gasteiger partial charge in [0.1, 0.15) is 0 Å². The first-order valence-electron chi connectivity index (χ1n) is 8.20. The maximum atomic E-state index is 12.2. The standard InChI is InChI=1S/C16H19N7OS/c1-22-10-13(19-21-22)16(24)17-11-4-6-23(7-5-11)15-9-12(18-20-15)14-3-2-8-25-14/h2-3,8-11H,4-7H2,1H3,(H,17,24)(H,18,20). The monoisotopic (exact) mass is 357 g/mol. The van der Waals surface area contributed by atoms with Crippen molar-refractivity contribution < 1.29 is 4.79 Å². The number of rotatable bonds is 4. The van der Waals surface area contributed by atoms with Gasteiger partial charge >= 0.3 is 0 Å². The Bertz CT molecular complexity index is 846. The lowest BCUT2D eigenvalue weighted by molar-refractivity contribution is 0.0926. The minimum Gasteiger partial charge on any atom is -0.355 e. The van der Waals surface area contributed by atoms with Crippen molar-refractivity contribution in [3.8, 4) is 10.6 Å². The zero-order valence-electron chi connectivity index (χ0n) is 13.8. The van der Waals surface area contributed by atoms with Crippen LogP contribution in [-0.2, 0) is 7.05 Å². The second-order valence-corrected chi connectivity index (χ2v) is 7.08. The van der Waals surface area contributed by atoms with Crippen molar-refractivity contribution in [2.24, 2.45) is 7.05 Å². The molecule has 130 valence electrons. The highest BCUT2D eigenvalue weighted by Crippen LogP contribution is 2.27. The quantitative estimate of drug-likeness (QED) is 0.741. The fourth-order valence-electron chi connectivity index (χ4n) is 2.99. The third-order valence-corrected chi connectivity index (χ3v) is 5.24. The van der Waals surface area contributed by atoms with Crippen molar-refractivity contribution in [3.63, 3.8) is 0 Å². The van der Waals surface area contributed by atoms with Crippen LogP contribution in [0.4, 0.5) is 5.82 Å². The molecule has 0 spiro atoms. The molecule has 1 fully saturated rings. The number of aryl methyl sites for hydroxylation is 1. The smallest absolute Gasteiger partial charge is 0.273 e. The summed E-state index contributed by atoms with van der Waals surface area (Å²) in [4.78, 5) is 15.6. The van der Waals surface area contributed by atoms with Gasteiger partial charge in [-0.2, -0.15) is 5.10 Å². The number of aromatic nitrogens is 5. The SMILES string of the molecule is Cn1cc(C(=O)NC2CCN(c3cc(-c4cccs4)[nH]n3)CC2)nn1. The molecule has 3 aromatic rings. The molecule has 3 aromatic heterocycles. The van der Waals surface area contributed by atoms with E-state index in [1.807, 2.05) is 6.07 Å². The average molecular weight is 357 g/mol. The maximum absolute atomic E-state index is 12.2. The van der Waals surface area contributed by atoms with E-state index in [1.165, 1.54) is 9.56 Å². The lowest BCUT2D eigenvalue weighted by Crippen LogP contribution is -2.45. The fraction of sp³-hybridized carbons (Fsp3) is 0.375. The molecule has 0 radical (unpaired) electrons. The van der Waals surface area contributed by atoms with Gasteiger partial charge in [-0.05, 0) is 24.3 Å². The van der Waals surface area contributed by atoms with Crippen molar-refractivity contribution in [2.75, 3.05) is 18.0 Å². The number of nitrogens with zero attached hydrogens (tertiary/aromatic N) is 5. The Balaban J connectivity index is 1.33. The van der Waals surface area contributed by atoms with Crippen LogP contribution in [0.5, 0.6) is 0 Å². The van der Waals surface area contributed by atoms with Gasteiger partial charge in [0.25, 0.3) is 5.91 Å². The van der Waals surface area contributed by atoms with Crippen molar-refractivity contribution >= 4 is 23.1 Å². The lowest BCUT2D eigenvalue weighted by Gasteiger charge is -2.32. The van der Waals surface area contributed by atoms with Gasteiger partial charge in [0, 0.05) is 32.2 Å². The van der Waals surface area contributed by atoms with Crippen LogP contribution in [0, 0.1) is 0 Å². The van der Waals surface area contributed by atoms with E-state index in [4.69, 9.17) is 0 Å². The third-order valence-electron chi connectivity index (χ3n) is 4.34. The highest BCUT2D eigenvalue weighted by molar-refractivity contribution is 7.13. The Morgan fingerprint density at radius 2 is 2.24 bits per heavy atom. The first-order valence-corrected chi connectivity index (χ1v) is 9.08. The molecule has 1 aliphatic heterocycles. The van der Waals surface area contributed by atoms with Gasteiger partial charge in [-0.1, -0.05) is 11.3 Å². The van der Waals surface area contributed by atoms with E-state index in [0.29, 0.717) is 5.69 Å². The van der Waals surface area contributed by atoms with E-state index in [0.717, 1.165) is 37.4 Å². The van der Waals surface area contributed by atoms with Gasteiger partial charge in [-0.25, -0.2) is 0 Å². The summed E-state index contributed by atoms with van der Waals surface area (Å²) in [5.74, 6) is 0.799. The van der Waals surface area contributed by atoms with Gasteiger partial charge in [0.05, 0.1) is 16.8 Å². The Morgan fingerprint density at radius 1 is 1.40 bits per heavy atom. The number of thiophene rings is 1. The Labute approximate surface area is 148 Å². The molecule has 4 rings (SSSR count). The Kier molecular flexibility index (Phi) is 4.22. The molecule has 9 heteroatoms. The van der Waals surface area contributed by atoms with Crippen molar-refractivity contribution in [1.82, 2.24) is 30.5 Å². The molecule has 1 aliphatic rings. The lowest BCUT2D eigenvalue weighted by atomic mass is 10.0. The van der Waals surface area contributed by atoms with Crippen LogP contribution in [0.1, 0.15) is 23.3 Å². The number of nitrogens with one attached hydrogen (secondary N) is 2. The minimum atomic E-state index is -0.161. The average Bonchev–Trinajstić information content (AvgIpc) is 3.36. The summed E-state index contributed by atoms with van der Waals surface area (Å²) in [7, 11) is 1.75. The third kappa shape index (κ3) is 3.41. The number of hydrogen-bond donors (Lipinski definition) is 2. The first kappa shape index (κ1) is 15.8. The summed E-state index contributed by atoms with van der Waals surface area (Å²) in [5.41, 5.74) is 1.40. The minimum absolute atomic E-state index is 0.154. The van der Waals surface area contributed by atoms with Gasteiger partial charge < -0.3 is 10.2 Å². The normalized spacial score (nSPS) is 15.5. The largest absolute Gasteiger partial charge is 0.355 e. The molecule has 0 aromatic carbocycles. The molecular weight excluding hydrogens is 338 g/mol. The van der Waals surface area contributed by atoms with Crippen LogP contribution in [-0.4, -0.2) is 50.2 Å². The molecule has 4 heterocycles. The molecule has 25 heavy (non-hydrogen) atoms. The number of hydrogen-bond acceptors (Lipinski definition) is 6. The zero-order chi connectivity index (χ0) is 17.2. The van der Waals surface area contributed by atoms with Crippen LogP contribution < -0.4 is 10.2 Å². The van der Waals surface area contributed by atoms with Crippen molar-refractivity contribution in [3.05, 3.63) is 35.5 Å². The van der Waals surface area contributed by atoms with E-state index < -0.39 is 0 Å². The van der Waals surface area contributed by atoms with E-state index in [-0.39, 0.29) is 11.9 Å². The summed E-state index contributed by atoms with van der Waals surface area (Å²) in [6, 6.07) is 6.35. The predicted octanol–water partition coefficient (Wildman–Crippen LogP) is 1.67. The predicted molar refractivity (Wildman–Crippen MR) is 95.6 cm³/mol. The number of aromatic amines is 1. The molecule has 0 saturated carbocycles. The number of piperidine rings is 1. The topological polar surface area (TPSA) is 91.7 Å². The van der Waals surface area contributed by atoms with Crippen molar-refractivity contribution in [2.45, 2.75) is 18.9 Å². The Morgan fingerprint density at radius 3 is 2.92 bits per heavy atom. The molecule has 8 nitrogen and oxygen atoms in total. The number of anilines is 1. The highest BCUT2D eigenvalue weighted by atomic mass is 32.1. The summed E-state index contributed by atoms with van der Waals surface area (Å²) < 4.78 is 1.53. The van der Waals surface area contributed by atoms with Gasteiger partial charge in [0.15, 0.2) is 11.5 Å². The molecule has 0 unspecified atom stereocenters. The number of carbonyl (C=O) groups is 1. The Hall–Kier alpha value is -2.68. The summed E-state index contributed by atoms with van der Waals surface area (Å²) in [6.45, 7) is 1.72. The van der Waals surface area contributed by atoms with E-state index in [1.54, 1.807) is 24.6 Å².